The van der Waals surface area contributed by atoms with E-state index in [0.717, 1.165) is 5.56 Å². The predicted octanol–water partition coefficient (Wildman–Crippen LogP) is 4.43. The smallest absolute Gasteiger partial charge is 0.174 e. The van der Waals surface area contributed by atoms with E-state index in [2.05, 4.69) is 15.9 Å². The first kappa shape index (κ1) is 15.0. The number of benzene rings is 2. The molecule has 2 rings (SSSR count). The van der Waals surface area contributed by atoms with Gasteiger partial charge < -0.3 is 4.74 Å². The number of Topliss-reactive ketones (excluding diaryl/α,β-unsaturated/α-hetero) is 1. The monoisotopic (exact) mass is 356 g/mol. The van der Waals surface area contributed by atoms with E-state index in [1.807, 2.05) is 0 Å². The number of halogens is 3. The van der Waals surface area contributed by atoms with Crippen LogP contribution in [0.25, 0.3) is 0 Å². The van der Waals surface area contributed by atoms with Crippen LogP contribution in [0.2, 0.25) is 5.02 Å². The van der Waals surface area contributed by atoms with Gasteiger partial charge in [-0.1, -0.05) is 39.7 Å². The van der Waals surface area contributed by atoms with Crippen LogP contribution in [-0.2, 0) is 11.2 Å². The lowest BCUT2D eigenvalue weighted by atomic mass is 10.1. The van der Waals surface area contributed by atoms with Crippen LogP contribution >= 0.6 is 27.5 Å². The number of ketones is 1. The molecule has 0 aliphatic carbocycles. The molecule has 0 aliphatic heterocycles. The maximum Gasteiger partial charge on any atom is 0.174 e. The van der Waals surface area contributed by atoms with Crippen molar-refractivity contribution in [2.45, 2.75) is 6.42 Å². The van der Waals surface area contributed by atoms with Crippen LogP contribution in [0.4, 0.5) is 4.39 Å². The van der Waals surface area contributed by atoms with Gasteiger partial charge in [0.25, 0.3) is 0 Å². The van der Waals surface area contributed by atoms with Gasteiger partial charge >= 0.3 is 0 Å². The zero-order valence-corrected chi connectivity index (χ0v) is 12.7. The summed E-state index contributed by atoms with van der Waals surface area (Å²) in [4.78, 5) is 11.8. The van der Waals surface area contributed by atoms with Crippen molar-refractivity contribution in [1.29, 1.82) is 0 Å². The summed E-state index contributed by atoms with van der Waals surface area (Å²) in [7, 11) is 0. The normalized spacial score (nSPS) is 10.3. The third-order valence-corrected chi connectivity index (χ3v) is 3.57. The summed E-state index contributed by atoms with van der Waals surface area (Å²) in [6.45, 7) is -0.0514. The fourth-order valence-corrected chi connectivity index (χ4v) is 2.32. The van der Waals surface area contributed by atoms with Crippen molar-refractivity contribution >= 4 is 33.3 Å². The quantitative estimate of drug-likeness (QED) is 0.791. The molecule has 0 aromatic heterocycles. The first-order chi connectivity index (χ1) is 9.54. The number of hydrogen-bond acceptors (Lipinski definition) is 2. The van der Waals surface area contributed by atoms with Crippen molar-refractivity contribution in [1.82, 2.24) is 0 Å². The van der Waals surface area contributed by atoms with E-state index >= 15 is 0 Å². The Kier molecular flexibility index (Phi) is 5.15. The van der Waals surface area contributed by atoms with Crippen LogP contribution in [0.15, 0.2) is 46.9 Å². The first-order valence-electron chi connectivity index (χ1n) is 5.88. The van der Waals surface area contributed by atoms with Gasteiger partial charge in [0.05, 0.1) is 0 Å². The van der Waals surface area contributed by atoms with Crippen LogP contribution in [0.5, 0.6) is 5.75 Å². The second-order valence-corrected chi connectivity index (χ2v) is 5.49. The summed E-state index contributed by atoms with van der Waals surface area (Å²) in [5.41, 5.74) is 0.728. The second kappa shape index (κ2) is 6.86. The molecule has 0 saturated heterocycles. The van der Waals surface area contributed by atoms with Crippen molar-refractivity contribution in [3.05, 3.63) is 63.3 Å². The topological polar surface area (TPSA) is 26.3 Å². The Morgan fingerprint density at radius 3 is 2.75 bits per heavy atom. The van der Waals surface area contributed by atoms with Crippen molar-refractivity contribution in [3.63, 3.8) is 0 Å². The molecule has 0 amide bonds. The minimum absolute atomic E-state index is 0.0514. The van der Waals surface area contributed by atoms with E-state index in [0.29, 0.717) is 15.2 Å². The van der Waals surface area contributed by atoms with Crippen LogP contribution < -0.4 is 4.74 Å². The third-order valence-electron chi connectivity index (χ3n) is 2.60. The highest BCUT2D eigenvalue weighted by Crippen LogP contribution is 2.20. The highest BCUT2D eigenvalue weighted by Gasteiger charge is 2.09. The number of hydrogen-bond donors (Lipinski definition) is 0. The van der Waals surface area contributed by atoms with E-state index in [1.54, 1.807) is 30.3 Å². The van der Waals surface area contributed by atoms with Crippen molar-refractivity contribution in [2.24, 2.45) is 0 Å². The molecule has 2 nitrogen and oxygen atoms in total. The highest BCUT2D eigenvalue weighted by atomic mass is 79.9. The summed E-state index contributed by atoms with van der Waals surface area (Å²) in [6.07, 6.45) is 0.182. The van der Waals surface area contributed by atoms with Gasteiger partial charge in [0.2, 0.25) is 0 Å². The van der Waals surface area contributed by atoms with Crippen LogP contribution in [-0.4, -0.2) is 12.4 Å². The number of rotatable bonds is 5. The van der Waals surface area contributed by atoms with Gasteiger partial charge in [-0.25, -0.2) is 4.39 Å². The van der Waals surface area contributed by atoms with Crippen LogP contribution in [0.1, 0.15) is 5.56 Å². The average molecular weight is 358 g/mol. The molecule has 2 aromatic carbocycles. The molecule has 0 fully saturated rings. The molecule has 5 heteroatoms. The summed E-state index contributed by atoms with van der Waals surface area (Å²) in [6, 6.07) is 11.1. The Hall–Kier alpha value is -1.39. The van der Waals surface area contributed by atoms with Gasteiger partial charge in [-0.15, -0.1) is 0 Å². The Bertz CT molecular complexity index is 631. The summed E-state index contributed by atoms with van der Waals surface area (Å²) < 4.78 is 18.9. The maximum absolute atomic E-state index is 12.9. The van der Waals surface area contributed by atoms with Gasteiger partial charge in [-0.3, -0.25) is 4.79 Å². The molecule has 0 bridgehead atoms. The minimum atomic E-state index is -0.344. The standard InChI is InChI=1S/C15H11BrClFO2/c16-15-8-12(18)5-4-10(15)6-13(19)9-20-14-3-1-2-11(17)7-14/h1-5,7-8H,6,9H2. The highest BCUT2D eigenvalue weighted by molar-refractivity contribution is 9.10. The lowest BCUT2D eigenvalue weighted by Crippen LogP contribution is -2.14. The Labute approximate surface area is 129 Å². The third kappa shape index (κ3) is 4.32. The predicted molar refractivity (Wildman–Crippen MR) is 79.8 cm³/mol. The van der Waals surface area contributed by atoms with Crippen molar-refractivity contribution in [3.8, 4) is 5.75 Å². The Morgan fingerprint density at radius 1 is 1.25 bits per heavy atom. The molecule has 0 saturated carbocycles. The van der Waals surface area contributed by atoms with Gasteiger partial charge in [-0.05, 0) is 35.9 Å². The SMILES string of the molecule is O=C(COc1cccc(Cl)c1)Cc1ccc(F)cc1Br. The van der Waals surface area contributed by atoms with E-state index in [-0.39, 0.29) is 24.6 Å². The molecular formula is C15H11BrClFO2. The fraction of sp³-hybridized carbons (Fsp3) is 0.133. The molecule has 104 valence electrons. The lowest BCUT2D eigenvalue weighted by molar-refractivity contribution is -0.120. The van der Waals surface area contributed by atoms with Gasteiger partial charge in [0, 0.05) is 15.9 Å². The molecule has 0 unspecified atom stereocenters. The molecule has 0 atom stereocenters. The average Bonchev–Trinajstić information content (AvgIpc) is 2.40. The maximum atomic E-state index is 12.9. The van der Waals surface area contributed by atoms with E-state index in [9.17, 15) is 9.18 Å². The molecule has 0 aliphatic rings. The van der Waals surface area contributed by atoms with Crippen LogP contribution in [0.3, 0.4) is 0 Å². The lowest BCUT2D eigenvalue weighted by Gasteiger charge is -2.07. The van der Waals surface area contributed by atoms with Crippen molar-refractivity contribution < 1.29 is 13.9 Å². The second-order valence-electron chi connectivity index (χ2n) is 4.20. The zero-order valence-electron chi connectivity index (χ0n) is 10.4. The van der Waals surface area contributed by atoms with E-state index in [1.165, 1.54) is 12.1 Å². The summed E-state index contributed by atoms with van der Waals surface area (Å²) >= 11 is 9.05. The number of carbonyl (C=O) groups excluding carboxylic acids is 1. The van der Waals surface area contributed by atoms with Gasteiger partial charge in [-0.2, -0.15) is 0 Å². The summed E-state index contributed by atoms with van der Waals surface area (Å²) in [5, 5.41) is 0.552. The largest absolute Gasteiger partial charge is 0.486 e. The minimum Gasteiger partial charge on any atom is -0.486 e. The zero-order chi connectivity index (χ0) is 14.5. The fourth-order valence-electron chi connectivity index (χ4n) is 1.65. The molecule has 0 heterocycles. The number of carbonyl (C=O) groups is 1. The summed E-state index contributed by atoms with van der Waals surface area (Å²) in [5.74, 6) is 0.101. The van der Waals surface area contributed by atoms with E-state index in [4.69, 9.17) is 16.3 Å². The molecule has 0 radical (unpaired) electrons. The molecule has 2 aromatic rings. The van der Waals surface area contributed by atoms with Gasteiger partial charge in [0.15, 0.2) is 5.78 Å². The van der Waals surface area contributed by atoms with Crippen molar-refractivity contribution in [2.75, 3.05) is 6.61 Å². The molecule has 20 heavy (non-hydrogen) atoms. The van der Waals surface area contributed by atoms with Crippen LogP contribution in [0, 0.1) is 5.82 Å². The number of ether oxygens (including phenoxy) is 1. The Balaban J connectivity index is 1.92. The van der Waals surface area contributed by atoms with Gasteiger partial charge in [0.1, 0.15) is 18.2 Å². The molecule has 0 spiro atoms. The Morgan fingerprint density at radius 2 is 2.05 bits per heavy atom. The molecular weight excluding hydrogens is 347 g/mol. The first-order valence-corrected chi connectivity index (χ1v) is 7.05. The van der Waals surface area contributed by atoms with E-state index < -0.39 is 0 Å². The molecule has 0 N–H and O–H groups in total.